The van der Waals surface area contributed by atoms with Crippen LogP contribution in [-0.2, 0) is 0 Å². The van der Waals surface area contributed by atoms with Gasteiger partial charge < -0.3 is 10.8 Å². The van der Waals surface area contributed by atoms with Crippen molar-refractivity contribution in [2.75, 3.05) is 6.54 Å². The zero-order valence-electron chi connectivity index (χ0n) is 13.4. The van der Waals surface area contributed by atoms with Crippen molar-refractivity contribution >= 4 is 0 Å². The van der Waals surface area contributed by atoms with E-state index < -0.39 is 0 Å². The average molecular weight is 281 g/mol. The number of nitrogens with two attached hydrogens (primary N) is 1. The van der Waals surface area contributed by atoms with Crippen LogP contribution in [0, 0.1) is 17.3 Å². The molecule has 0 aromatic carbocycles. The fraction of sp³-hybridized carbons (Fsp3) is 1.00. The minimum Gasteiger partial charge on any atom is -0.392 e. The second-order valence-electron chi connectivity index (χ2n) is 7.50. The monoisotopic (exact) mass is 281 g/mol. The van der Waals surface area contributed by atoms with Gasteiger partial charge in [-0.05, 0) is 50.4 Å². The van der Waals surface area contributed by atoms with Gasteiger partial charge in [-0.15, -0.1) is 0 Å². The highest BCUT2D eigenvalue weighted by molar-refractivity contribution is 4.95. The van der Waals surface area contributed by atoms with Crippen LogP contribution in [-0.4, -0.2) is 17.8 Å². The molecule has 0 aliphatic heterocycles. The lowest BCUT2D eigenvalue weighted by Crippen LogP contribution is -2.48. The summed E-state index contributed by atoms with van der Waals surface area (Å²) in [5.41, 5.74) is 6.19. The Kier molecular flexibility index (Phi) is 6.35. The summed E-state index contributed by atoms with van der Waals surface area (Å²) in [5.74, 6) is 1.41. The number of aliphatic hydroxyl groups excluding tert-OH is 1. The normalized spacial score (nSPS) is 34.6. The summed E-state index contributed by atoms with van der Waals surface area (Å²) >= 11 is 0. The van der Waals surface area contributed by atoms with Crippen LogP contribution in [0.5, 0.6) is 0 Å². The standard InChI is InChI=1S/C18H35NO/c1-2-7-15-10-12-18(14-19,13-11-15)17(20)16-8-5-3-4-6-9-16/h15-17,20H,2-14,19H2,1H3. The van der Waals surface area contributed by atoms with Crippen molar-refractivity contribution in [3.63, 3.8) is 0 Å². The van der Waals surface area contributed by atoms with Crippen molar-refractivity contribution < 1.29 is 5.11 Å². The van der Waals surface area contributed by atoms with Crippen molar-refractivity contribution in [2.24, 2.45) is 23.0 Å². The topological polar surface area (TPSA) is 46.2 Å². The highest BCUT2D eigenvalue weighted by Gasteiger charge is 2.43. The van der Waals surface area contributed by atoms with E-state index >= 15 is 0 Å². The van der Waals surface area contributed by atoms with Gasteiger partial charge in [-0.3, -0.25) is 0 Å². The van der Waals surface area contributed by atoms with Gasteiger partial charge in [0.2, 0.25) is 0 Å². The molecule has 2 saturated carbocycles. The molecule has 1 unspecified atom stereocenters. The fourth-order valence-electron chi connectivity index (χ4n) is 4.70. The summed E-state index contributed by atoms with van der Waals surface area (Å²) in [6, 6.07) is 0. The van der Waals surface area contributed by atoms with Crippen LogP contribution in [0.3, 0.4) is 0 Å². The summed E-state index contributed by atoms with van der Waals surface area (Å²) in [7, 11) is 0. The third-order valence-electron chi connectivity index (χ3n) is 6.18. The zero-order chi connectivity index (χ0) is 14.4. The Balaban J connectivity index is 1.95. The van der Waals surface area contributed by atoms with Gasteiger partial charge in [0.15, 0.2) is 0 Å². The van der Waals surface area contributed by atoms with E-state index in [1.807, 2.05) is 0 Å². The van der Waals surface area contributed by atoms with Gasteiger partial charge in [0, 0.05) is 12.0 Å². The molecule has 2 fully saturated rings. The van der Waals surface area contributed by atoms with E-state index in [2.05, 4.69) is 6.92 Å². The van der Waals surface area contributed by atoms with Crippen molar-refractivity contribution in [1.29, 1.82) is 0 Å². The Morgan fingerprint density at radius 2 is 1.65 bits per heavy atom. The Morgan fingerprint density at radius 3 is 2.15 bits per heavy atom. The molecule has 118 valence electrons. The van der Waals surface area contributed by atoms with Gasteiger partial charge in [0.25, 0.3) is 0 Å². The molecule has 20 heavy (non-hydrogen) atoms. The zero-order valence-corrected chi connectivity index (χ0v) is 13.4. The van der Waals surface area contributed by atoms with Crippen molar-refractivity contribution in [2.45, 2.75) is 90.1 Å². The minimum absolute atomic E-state index is 0.0409. The molecule has 2 aliphatic rings. The second kappa shape index (κ2) is 7.79. The van der Waals surface area contributed by atoms with Gasteiger partial charge in [0.05, 0.1) is 6.10 Å². The van der Waals surface area contributed by atoms with Crippen LogP contribution >= 0.6 is 0 Å². The third-order valence-corrected chi connectivity index (χ3v) is 6.18. The summed E-state index contributed by atoms with van der Waals surface area (Å²) in [6.45, 7) is 2.97. The summed E-state index contributed by atoms with van der Waals surface area (Å²) in [4.78, 5) is 0. The largest absolute Gasteiger partial charge is 0.392 e. The molecule has 0 radical (unpaired) electrons. The van der Waals surface area contributed by atoms with Crippen LogP contribution in [0.2, 0.25) is 0 Å². The average Bonchev–Trinajstić information content (AvgIpc) is 2.77. The highest BCUT2D eigenvalue weighted by Crippen LogP contribution is 2.46. The van der Waals surface area contributed by atoms with Crippen LogP contribution in [0.1, 0.15) is 84.0 Å². The predicted molar refractivity (Wildman–Crippen MR) is 85.6 cm³/mol. The molecule has 2 rings (SSSR count). The maximum atomic E-state index is 11.0. The maximum Gasteiger partial charge on any atom is 0.0636 e. The van der Waals surface area contributed by atoms with Crippen molar-refractivity contribution in [3.8, 4) is 0 Å². The Bertz CT molecular complexity index is 263. The van der Waals surface area contributed by atoms with E-state index in [1.54, 1.807) is 0 Å². The number of hydrogen-bond acceptors (Lipinski definition) is 2. The quantitative estimate of drug-likeness (QED) is 0.740. The van der Waals surface area contributed by atoms with Crippen molar-refractivity contribution in [1.82, 2.24) is 0 Å². The first kappa shape index (κ1) is 16.3. The molecule has 0 aromatic heterocycles. The molecule has 0 amide bonds. The van der Waals surface area contributed by atoms with Crippen LogP contribution < -0.4 is 5.73 Å². The molecule has 3 N–H and O–H groups in total. The predicted octanol–water partition coefficient (Wildman–Crippen LogP) is 4.25. The van der Waals surface area contributed by atoms with Crippen LogP contribution in [0.25, 0.3) is 0 Å². The minimum atomic E-state index is -0.145. The van der Waals surface area contributed by atoms with Gasteiger partial charge in [-0.2, -0.15) is 0 Å². The first-order valence-corrected chi connectivity index (χ1v) is 9.10. The van der Waals surface area contributed by atoms with Gasteiger partial charge in [-0.1, -0.05) is 45.4 Å². The van der Waals surface area contributed by atoms with E-state index in [0.29, 0.717) is 12.5 Å². The highest BCUT2D eigenvalue weighted by atomic mass is 16.3. The Morgan fingerprint density at radius 1 is 1.05 bits per heavy atom. The number of aliphatic hydroxyl groups is 1. The van der Waals surface area contributed by atoms with E-state index in [0.717, 1.165) is 18.8 Å². The van der Waals surface area contributed by atoms with E-state index in [4.69, 9.17) is 5.73 Å². The Labute approximate surface area is 125 Å². The molecular formula is C18H35NO. The number of rotatable bonds is 5. The molecule has 2 heteroatoms. The molecule has 0 saturated heterocycles. The number of hydrogen-bond donors (Lipinski definition) is 2. The second-order valence-corrected chi connectivity index (χ2v) is 7.50. The molecule has 0 heterocycles. The summed E-state index contributed by atoms with van der Waals surface area (Å²) in [6.07, 6.45) is 15.2. The van der Waals surface area contributed by atoms with Gasteiger partial charge in [0.1, 0.15) is 0 Å². The molecule has 2 nitrogen and oxygen atoms in total. The molecule has 1 atom stereocenters. The summed E-state index contributed by atoms with van der Waals surface area (Å²) < 4.78 is 0. The smallest absolute Gasteiger partial charge is 0.0636 e. The lowest BCUT2D eigenvalue weighted by molar-refractivity contribution is -0.0489. The lowest BCUT2D eigenvalue weighted by Gasteiger charge is -2.45. The van der Waals surface area contributed by atoms with E-state index in [1.165, 1.54) is 64.2 Å². The van der Waals surface area contributed by atoms with Crippen molar-refractivity contribution in [3.05, 3.63) is 0 Å². The van der Waals surface area contributed by atoms with Gasteiger partial charge >= 0.3 is 0 Å². The maximum absolute atomic E-state index is 11.0. The van der Waals surface area contributed by atoms with Crippen LogP contribution in [0.4, 0.5) is 0 Å². The van der Waals surface area contributed by atoms with Crippen LogP contribution in [0.15, 0.2) is 0 Å². The molecular weight excluding hydrogens is 246 g/mol. The van der Waals surface area contributed by atoms with E-state index in [9.17, 15) is 5.11 Å². The fourth-order valence-corrected chi connectivity index (χ4v) is 4.70. The molecule has 0 spiro atoms. The Hall–Kier alpha value is -0.0800. The SMILES string of the molecule is CCCC1CCC(CN)(C(O)C2CCCCCC2)CC1. The summed E-state index contributed by atoms with van der Waals surface area (Å²) in [5, 5.41) is 11.0. The third kappa shape index (κ3) is 3.76. The van der Waals surface area contributed by atoms with Gasteiger partial charge in [-0.25, -0.2) is 0 Å². The first-order chi connectivity index (χ1) is 9.72. The first-order valence-electron chi connectivity index (χ1n) is 9.10. The van der Waals surface area contributed by atoms with E-state index in [-0.39, 0.29) is 11.5 Å². The molecule has 2 aliphatic carbocycles. The molecule has 0 aromatic rings. The lowest BCUT2D eigenvalue weighted by atomic mass is 9.63. The molecule has 0 bridgehead atoms.